The molecule has 112 valence electrons. The van der Waals surface area contributed by atoms with E-state index in [-0.39, 0.29) is 11.9 Å². The Kier molecular flexibility index (Phi) is 3.36. The molecular formula is C17H17N3OS. The van der Waals surface area contributed by atoms with Gasteiger partial charge in [0, 0.05) is 41.7 Å². The third-order valence-corrected chi connectivity index (χ3v) is 5.54. The monoisotopic (exact) mass is 311 g/mol. The fourth-order valence-electron chi connectivity index (χ4n) is 3.48. The van der Waals surface area contributed by atoms with E-state index in [1.165, 1.54) is 13.0 Å². The van der Waals surface area contributed by atoms with Crippen molar-refractivity contribution in [2.24, 2.45) is 5.92 Å². The van der Waals surface area contributed by atoms with Crippen LogP contribution in [0.1, 0.15) is 29.4 Å². The van der Waals surface area contributed by atoms with E-state index in [0.29, 0.717) is 11.6 Å². The first kappa shape index (κ1) is 13.7. The summed E-state index contributed by atoms with van der Waals surface area (Å²) in [7, 11) is 0. The minimum Gasteiger partial charge on any atom is -0.346 e. The summed E-state index contributed by atoms with van der Waals surface area (Å²) in [6.45, 7) is 5.10. The molecule has 4 heterocycles. The van der Waals surface area contributed by atoms with Crippen molar-refractivity contribution in [1.29, 1.82) is 0 Å². The Morgan fingerprint density at radius 3 is 3.14 bits per heavy atom. The topological polar surface area (TPSA) is 45.2 Å². The Balaban J connectivity index is 1.58. The van der Waals surface area contributed by atoms with Gasteiger partial charge in [-0.05, 0) is 31.9 Å². The largest absolute Gasteiger partial charge is 0.346 e. The van der Waals surface area contributed by atoms with Crippen molar-refractivity contribution in [1.82, 2.24) is 15.2 Å². The third-order valence-electron chi connectivity index (χ3n) is 4.60. The molecule has 2 bridgehead atoms. The van der Waals surface area contributed by atoms with Crippen molar-refractivity contribution in [2.75, 3.05) is 19.6 Å². The van der Waals surface area contributed by atoms with Crippen LogP contribution in [0.3, 0.4) is 0 Å². The van der Waals surface area contributed by atoms with Gasteiger partial charge in [0.2, 0.25) is 0 Å². The quantitative estimate of drug-likeness (QED) is 0.864. The Hall–Kier alpha value is -1.90. The van der Waals surface area contributed by atoms with E-state index in [0.717, 1.165) is 28.7 Å². The number of amides is 1. The SMILES string of the molecule is CC#Cc1csc2cnc(C(=O)NC3CN4CC[C@H]3C4)cc12. The van der Waals surface area contributed by atoms with E-state index < -0.39 is 0 Å². The molecule has 4 nitrogen and oxygen atoms in total. The summed E-state index contributed by atoms with van der Waals surface area (Å²) >= 11 is 1.61. The van der Waals surface area contributed by atoms with E-state index in [1.54, 1.807) is 17.5 Å². The molecular weight excluding hydrogens is 294 g/mol. The van der Waals surface area contributed by atoms with Crippen molar-refractivity contribution < 1.29 is 4.79 Å². The highest BCUT2D eigenvalue weighted by Gasteiger charge is 2.38. The number of pyridine rings is 1. The molecule has 1 N–H and O–H groups in total. The second-order valence-corrected chi connectivity index (χ2v) is 6.89. The number of rotatable bonds is 2. The summed E-state index contributed by atoms with van der Waals surface area (Å²) in [6.07, 6.45) is 2.97. The van der Waals surface area contributed by atoms with Gasteiger partial charge in [-0.2, -0.15) is 0 Å². The van der Waals surface area contributed by atoms with Gasteiger partial charge >= 0.3 is 0 Å². The van der Waals surface area contributed by atoms with Crippen LogP contribution < -0.4 is 5.32 Å². The molecule has 2 aliphatic heterocycles. The smallest absolute Gasteiger partial charge is 0.270 e. The van der Waals surface area contributed by atoms with Gasteiger partial charge in [0.05, 0.1) is 4.70 Å². The number of nitrogens with zero attached hydrogens (tertiary/aromatic N) is 2. The maximum atomic E-state index is 12.5. The normalized spacial score (nSPS) is 26.0. The summed E-state index contributed by atoms with van der Waals surface area (Å²) in [5.41, 5.74) is 1.47. The van der Waals surface area contributed by atoms with Gasteiger partial charge in [-0.1, -0.05) is 5.92 Å². The molecule has 0 radical (unpaired) electrons. The average Bonchev–Trinajstić information content (AvgIpc) is 3.23. The molecule has 2 aromatic heterocycles. The molecule has 2 aromatic rings. The van der Waals surface area contributed by atoms with Crippen LogP contribution in [-0.4, -0.2) is 41.5 Å². The number of carbonyl (C=O) groups is 1. The van der Waals surface area contributed by atoms with Crippen molar-refractivity contribution in [2.45, 2.75) is 19.4 Å². The molecule has 1 amide bonds. The second-order valence-electron chi connectivity index (χ2n) is 5.98. The van der Waals surface area contributed by atoms with Crippen molar-refractivity contribution in [3.63, 3.8) is 0 Å². The molecule has 3 atom stereocenters. The molecule has 4 rings (SSSR count). The minimum absolute atomic E-state index is 0.0674. The minimum atomic E-state index is -0.0674. The lowest BCUT2D eigenvalue weighted by Crippen LogP contribution is -2.43. The highest BCUT2D eigenvalue weighted by Crippen LogP contribution is 2.28. The van der Waals surface area contributed by atoms with Gasteiger partial charge in [-0.15, -0.1) is 17.3 Å². The standard InChI is InChI=1S/C17H17N3OS/c1-2-3-12-10-22-16-7-18-14(6-13(12)16)17(21)19-15-9-20-5-4-11(15)8-20/h6-7,10-11,15H,4-5,8-9H2,1H3,(H,19,21)/t11-,15?/m0/s1. The molecule has 2 aliphatic rings. The van der Waals surface area contributed by atoms with Gasteiger partial charge in [0.1, 0.15) is 5.69 Å². The third kappa shape index (κ3) is 2.29. The molecule has 0 aliphatic carbocycles. The highest BCUT2D eigenvalue weighted by molar-refractivity contribution is 7.17. The Labute approximate surface area is 133 Å². The lowest BCUT2D eigenvalue weighted by molar-refractivity contribution is 0.0919. The predicted octanol–water partition coefficient (Wildman–Crippen LogP) is 2.10. The maximum Gasteiger partial charge on any atom is 0.270 e. The molecule has 5 heteroatoms. The zero-order valence-electron chi connectivity index (χ0n) is 12.4. The lowest BCUT2D eigenvalue weighted by atomic mass is 10.00. The summed E-state index contributed by atoms with van der Waals surface area (Å²) < 4.78 is 1.07. The zero-order chi connectivity index (χ0) is 15.1. The van der Waals surface area contributed by atoms with Gasteiger partial charge < -0.3 is 10.2 Å². The van der Waals surface area contributed by atoms with Crippen molar-refractivity contribution in [3.8, 4) is 11.8 Å². The van der Waals surface area contributed by atoms with Gasteiger partial charge in [-0.3, -0.25) is 4.79 Å². The Bertz CT molecular complexity index is 801. The first-order chi connectivity index (χ1) is 10.7. The number of hydrogen-bond donors (Lipinski definition) is 1. The van der Waals surface area contributed by atoms with Crippen LogP contribution in [0.25, 0.3) is 10.1 Å². The van der Waals surface area contributed by atoms with Crippen molar-refractivity contribution in [3.05, 3.63) is 28.9 Å². The van der Waals surface area contributed by atoms with Crippen LogP contribution in [-0.2, 0) is 0 Å². The summed E-state index contributed by atoms with van der Waals surface area (Å²) in [4.78, 5) is 19.2. The number of piperidine rings is 1. The number of nitrogens with one attached hydrogen (secondary N) is 1. The average molecular weight is 311 g/mol. The number of hydrogen-bond acceptors (Lipinski definition) is 4. The van der Waals surface area contributed by atoms with E-state index in [9.17, 15) is 4.79 Å². The van der Waals surface area contributed by atoms with Crippen molar-refractivity contribution >= 4 is 27.3 Å². The van der Waals surface area contributed by atoms with Crippen LogP contribution in [0.15, 0.2) is 17.6 Å². The number of carbonyl (C=O) groups excluding carboxylic acids is 1. The number of aromatic nitrogens is 1. The molecule has 2 unspecified atom stereocenters. The first-order valence-electron chi connectivity index (χ1n) is 7.58. The van der Waals surface area contributed by atoms with Crippen LogP contribution in [0.4, 0.5) is 0 Å². The molecule has 2 saturated heterocycles. The van der Waals surface area contributed by atoms with E-state index >= 15 is 0 Å². The lowest BCUT2D eigenvalue weighted by Gasteiger charge is -2.22. The Morgan fingerprint density at radius 1 is 1.50 bits per heavy atom. The molecule has 22 heavy (non-hydrogen) atoms. The van der Waals surface area contributed by atoms with Crippen LogP contribution >= 0.6 is 11.3 Å². The summed E-state index contributed by atoms with van der Waals surface area (Å²) in [5, 5.41) is 6.21. The van der Waals surface area contributed by atoms with E-state index in [4.69, 9.17) is 0 Å². The van der Waals surface area contributed by atoms with Crippen LogP contribution in [0, 0.1) is 17.8 Å². The number of fused-ring (bicyclic) bond motifs is 3. The fraction of sp³-hybridized carbons (Fsp3) is 0.412. The van der Waals surface area contributed by atoms with E-state index in [2.05, 4.69) is 27.0 Å². The Morgan fingerprint density at radius 2 is 2.41 bits per heavy atom. The second kappa shape index (κ2) is 5.38. The summed E-state index contributed by atoms with van der Waals surface area (Å²) in [5.74, 6) is 6.54. The van der Waals surface area contributed by atoms with Gasteiger partial charge in [0.25, 0.3) is 5.91 Å². The zero-order valence-corrected chi connectivity index (χ0v) is 13.2. The fourth-order valence-corrected chi connectivity index (χ4v) is 4.32. The molecule has 0 aromatic carbocycles. The predicted molar refractivity (Wildman–Crippen MR) is 88.0 cm³/mol. The first-order valence-corrected chi connectivity index (χ1v) is 8.46. The summed E-state index contributed by atoms with van der Waals surface area (Å²) in [6, 6.07) is 2.14. The van der Waals surface area contributed by atoms with Gasteiger partial charge in [-0.25, -0.2) is 4.98 Å². The molecule has 0 spiro atoms. The van der Waals surface area contributed by atoms with E-state index in [1.807, 2.05) is 18.4 Å². The van der Waals surface area contributed by atoms with Crippen LogP contribution in [0.2, 0.25) is 0 Å². The number of thiophene rings is 1. The highest BCUT2D eigenvalue weighted by atomic mass is 32.1. The van der Waals surface area contributed by atoms with Crippen LogP contribution in [0.5, 0.6) is 0 Å². The molecule has 2 fully saturated rings. The maximum absolute atomic E-state index is 12.5. The van der Waals surface area contributed by atoms with Gasteiger partial charge in [0.15, 0.2) is 0 Å². The molecule has 0 saturated carbocycles.